The zero-order valence-corrected chi connectivity index (χ0v) is 14.3. The number of carbonyl (C=O) groups excluding carboxylic acids is 1. The van der Waals surface area contributed by atoms with Gasteiger partial charge < -0.3 is 21.4 Å². The van der Waals surface area contributed by atoms with Gasteiger partial charge in [-0.15, -0.1) is 0 Å². The minimum Gasteiger partial charge on any atom is -0.396 e. The summed E-state index contributed by atoms with van der Waals surface area (Å²) in [6, 6.07) is 13.0. The van der Waals surface area contributed by atoms with Crippen molar-refractivity contribution in [2.45, 2.75) is 6.42 Å². The van der Waals surface area contributed by atoms with Crippen LogP contribution in [0.5, 0.6) is 0 Å². The molecular formula is C20H17N5O2. The molecule has 27 heavy (non-hydrogen) atoms. The van der Waals surface area contributed by atoms with Gasteiger partial charge in [-0.1, -0.05) is 30.4 Å². The van der Waals surface area contributed by atoms with Crippen LogP contribution in [0, 0.1) is 0 Å². The Balaban J connectivity index is 1.82. The number of benzene rings is 2. The lowest BCUT2D eigenvalue weighted by atomic mass is 10.1. The minimum absolute atomic E-state index is 0.169. The number of nitrogens with zero attached hydrogens (tertiary/aromatic N) is 1. The van der Waals surface area contributed by atoms with Crippen molar-refractivity contribution >= 4 is 39.6 Å². The molecule has 1 amide bonds. The Labute approximate surface area is 153 Å². The summed E-state index contributed by atoms with van der Waals surface area (Å²) in [5.74, 6) is -0.391. The predicted molar refractivity (Wildman–Crippen MR) is 107 cm³/mol. The zero-order chi connectivity index (χ0) is 19.0. The number of hydrogen-bond acceptors (Lipinski definition) is 4. The van der Waals surface area contributed by atoms with Gasteiger partial charge >= 0.3 is 0 Å². The summed E-state index contributed by atoms with van der Waals surface area (Å²) in [6.07, 6.45) is 3.67. The van der Waals surface area contributed by atoms with Crippen LogP contribution >= 0.6 is 0 Å². The number of aromatic amines is 2. The van der Waals surface area contributed by atoms with E-state index in [0.717, 1.165) is 16.5 Å². The van der Waals surface area contributed by atoms with Crippen molar-refractivity contribution in [1.29, 1.82) is 0 Å². The Morgan fingerprint density at radius 1 is 1.11 bits per heavy atom. The fraction of sp³-hybridized carbons (Fsp3) is 0.0500. The summed E-state index contributed by atoms with van der Waals surface area (Å²) in [5, 5.41) is 0.778. The lowest BCUT2D eigenvalue weighted by molar-refractivity contribution is -0.117. The number of amides is 1. The molecule has 7 nitrogen and oxygen atoms in total. The molecule has 2 aromatic heterocycles. The van der Waals surface area contributed by atoms with Gasteiger partial charge in [0.2, 0.25) is 5.91 Å². The standard InChI is InChI=1S/C20H17N5O2/c21-16(26)7-3-4-11-8-9-13-12(10-11)17(22)18(23-13)19-20(27)25-15-6-2-1-5-14(15)24-19/h1-6,8-10,23H,7,22H2,(H2,21,26)(H,25,27). The highest BCUT2D eigenvalue weighted by molar-refractivity contribution is 6.00. The van der Waals surface area contributed by atoms with Gasteiger partial charge in [-0.2, -0.15) is 0 Å². The maximum atomic E-state index is 12.5. The first-order valence-corrected chi connectivity index (χ1v) is 8.38. The Bertz CT molecular complexity index is 1270. The molecule has 0 radical (unpaired) electrons. The van der Waals surface area contributed by atoms with Crippen molar-refractivity contribution in [2.24, 2.45) is 5.73 Å². The summed E-state index contributed by atoms with van der Waals surface area (Å²) >= 11 is 0. The Hall–Kier alpha value is -3.87. The molecule has 7 heteroatoms. The van der Waals surface area contributed by atoms with Gasteiger partial charge in [0.05, 0.1) is 22.4 Å². The van der Waals surface area contributed by atoms with Crippen LogP contribution in [-0.4, -0.2) is 20.9 Å². The number of nitrogens with one attached hydrogen (secondary N) is 2. The smallest absolute Gasteiger partial charge is 0.276 e. The summed E-state index contributed by atoms with van der Waals surface area (Å²) in [5.41, 5.74) is 15.3. The lowest BCUT2D eigenvalue weighted by Gasteiger charge is -2.02. The molecule has 6 N–H and O–H groups in total. The summed E-state index contributed by atoms with van der Waals surface area (Å²) in [4.78, 5) is 33.8. The molecule has 0 saturated carbocycles. The maximum Gasteiger partial charge on any atom is 0.276 e. The van der Waals surface area contributed by atoms with E-state index in [4.69, 9.17) is 11.5 Å². The highest BCUT2D eigenvalue weighted by atomic mass is 16.1. The molecule has 4 rings (SSSR count). The second-order valence-electron chi connectivity index (χ2n) is 6.22. The third-order valence-electron chi connectivity index (χ3n) is 4.33. The first kappa shape index (κ1) is 16.6. The third kappa shape index (κ3) is 3.06. The molecular weight excluding hydrogens is 342 g/mol. The van der Waals surface area contributed by atoms with Gasteiger partial charge in [-0.25, -0.2) is 4.98 Å². The van der Waals surface area contributed by atoms with Crippen LogP contribution in [-0.2, 0) is 4.79 Å². The van der Waals surface area contributed by atoms with Crippen molar-refractivity contribution < 1.29 is 4.79 Å². The number of rotatable bonds is 4. The average Bonchev–Trinajstić information content (AvgIpc) is 2.97. The van der Waals surface area contributed by atoms with Crippen LogP contribution in [0.1, 0.15) is 12.0 Å². The molecule has 0 spiro atoms. The number of fused-ring (bicyclic) bond motifs is 2. The van der Waals surface area contributed by atoms with E-state index < -0.39 is 5.91 Å². The van der Waals surface area contributed by atoms with Gasteiger partial charge in [0.1, 0.15) is 0 Å². The van der Waals surface area contributed by atoms with Crippen molar-refractivity contribution in [3.05, 3.63) is 64.5 Å². The molecule has 134 valence electrons. The fourth-order valence-electron chi connectivity index (χ4n) is 3.03. The molecule has 0 aliphatic heterocycles. The van der Waals surface area contributed by atoms with Crippen molar-refractivity contribution in [3.8, 4) is 11.4 Å². The van der Waals surface area contributed by atoms with Crippen molar-refractivity contribution in [3.63, 3.8) is 0 Å². The van der Waals surface area contributed by atoms with E-state index >= 15 is 0 Å². The van der Waals surface area contributed by atoms with Gasteiger partial charge in [-0.05, 0) is 29.8 Å². The molecule has 4 aromatic rings. The van der Waals surface area contributed by atoms with E-state index in [1.807, 2.05) is 36.4 Å². The SMILES string of the molecule is NC(=O)CC=Cc1ccc2[nH]c(-c3nc4ccccc4[nH]c3=O)c(N)c2c1. The number of nitrogen functional groups attached to an aromatic ring is 1. The number of para-hydroxylation sites is 2. The molecule has 2 aromatic carbocycles. The summed E-state index contributed by atoms with van der Waals surface area (Å²) < 4.78 is 0. The first-order valence-electron chi connectivity index (χ1n) is 8.38. The van der Waals surface area contributed by atoms with E-state index in [1.54, 1.807) is 18.2 Å². The average molecular weight is 359 g/mol. The number of H-pyrrole nitrogens is 2. The topological polar surface area (TPSA) is 131 Å². The van der Waals surface area contributed by atoms with Crippen molar-refractivity contribution in [2.75, 3.05) is 5.73 Å². The van der Waals surface area contributed by atoms with Crippen molar-refractivity contribution in [1.82, 2.24) is 15.0 Å². The second kappa shape index (κ2) is 6.45. The Morgan fingerprint density at radius 3 is 2.74 bits per heavy atom. The number of aromatic nitrogens is 3. The summed E-state index contributed by atoms with van der Waals surface area (Å²) in [6.45, 7) is 0. The van der Waals surface area contributed by atoms with E-state index in [9.17, 15) is 9.59 Å². The highest BCUT2D eigenvalue weighted by Crippen LogP contribution is 2.31. The third-order valence-corrected chi connectivity index (χ3v) is 4.33. The van der Waals surface area contributed by atoms with Crippen LogP contribution in [0.15, 0.2) is 53.3 Å². The van der Waals surface area contributed by atoms with Gasteiger partial charge in [-0.3, -0.25) is 9.59 Å². The number of carbonyl (C=O) groups is 1. The normalized spacial score (nSPS) is 11.6. The molecule has 0 bridgehead atoms. The maximum absolute atomic E-state index is 12.5. The van der Waals surface area contributed by atoms with E-state index in [-0.39, 0.29) is 17.7 Å². The van der Waals surface area contributed by atoms with Crippen LogP contribution in [0.2, 0.25) is 0 Å². The Morgan fingerprint density at radius 2 is 1.93 bits per heavy atom. The molecule has 0 aliphatic carbocycles. The highest BCUT2D eigenvalue weighted by Gasteiger charge is 2.15. The van der Waals surface area contributed by atoms with Crippen LogP contribution < -0.4 is 17.0 Å². The first-order chi connectivity index (χ1) is 13.0. The number of nitrogens with two attached hydrogens (primary N) is 2. The largest absolute Gasteiger partial charge is 0.396 e. The van der Waals surface area contributed by atoms with E-state index in [1.165, 1.54) is 0 Å². The predicted octanol–water partition coefficient (Wildman–Crippen LogP) is 2.54. The fourth-order valence-corrected chi connectivity index (χ4v) is 3.03. The molecule has 0 atom stereocenters. The molecule has 2 heterocycles. The molecule has 0 aliphatic rings. The van der Waals surface area contributed by atoms with Crippen LogP contribution in [0.3, 0.4) is 0 Å². The van der Waals surface area contributed by atoms with Gasteiger partial charge in [0, 0.05) is 17.3 Å². The van der Waals surface area contributed by atoms with Crippen LogP contribution in [0.25, 0.3) is 39.4 Å². The summed E-state index contributed by atoms with van der Waals surface area (Å²) in [7, 11) is 0. The zero-order valence-electron chi connectivity index (χ0n) is 14.3. The molecule has 0 saturated heterocycles. The molecule has 0 fully saturated rings. The quantitative estimate of drug-likeness (QED) is 0.446. The van der Waals surface area contributed by atoms with Crippen LogP contribution in [0.4, 0.5) is 5.69 Å². The monoisotopic (exact) mass is 359 g/mol. The van der Waals surface area contributed by atoms with Gasteiger partial charge in [0.25, 0.3) is 5.56 Å². The van der Waals surface area contributed by atoms with Gasteiger partial charge in [0.15, 0.2) is 5.69 Å². The lowest BCUT2D eigenvalue weighted by Crippen LogP contribution is -2.12. The number of anilines is 1. The number of primary amides is 1. The molecule has 0 unspecified atom stereocenters. The minimum atomic E-state index is -0.391. The Kier molecular flexibility index (Phi) is 3.97. The van der Waals surface area contributed by atoms with E-state index in [2.05, 4.69) is 15.0 Å². The number of hydrogen-bond donors (Lipinski definition) is 4. The second-order valence-corrected chi connectivity index (χ2v) is 6.22. The van der Waals surface area contributed by atoms with E-state index in [0.29, 0.717) is 22.4 Å².